The molecule has 2 heterocycles. The standard InChI is InChI=1S/C23H19N3O3S/c1-14-8-9-18(15(2)11-14)19-13-30-23(25-19)26-21(27)16-5-3-6-17(12-16)24-22(28)20-7-4-10-29-20/h3-13H,1-2H3,(H,24,28)(H,25,26,27). The molecule has 7 heteroatoms. The van der Waals surface area contributed by atoms with Gasteiger partial charge in [0.25, 0.3) is 11.8 Å². The molecule has 30 heavy (non-hydrogen) atoms. The zero-order chi connectivity index (χ0) is 21.1. The van der Waals surface area contributed by atoms with Crippen molar-refractivity contribution in [2.24, 2.45) is 0 Å². The maximum Gasteiger partial charge on any atom is 0.291 e. The van der Waals surface area contributed by atoms with Gasteiger partial charge in [-0.05, 0) is 49.7 Å². The minimum atomic E-state index is -0.379. The number of rotatable bonds is 5. The molecule has 0 saturated carbocycles. The number of carbonyl (C=O) groups is 2. The van der Waals surface area contributed by atoms with E-state index in [2.05, 4.69) is 28.6 Å². The van der Waals surface area contributed by atoms with Crippen LogP contribution in [0.15, 0.2) is 70.7 Å². The minimum absolute atomic E-state index is 0.201. The van der Waals surface area contributed by atoms with Crippen LogP contribution in [-0.4, -0.2) is 16.8 Å². The zero-order valence-corrected chi connectivity index (χ0v) is 17.2. The Labute approximate surface area is 177 Å². The Balaban J connectivity index is 1.47. The van der Waals surface area contributed by atoms with Crippen molar-refractivity contribution < 1.29 is 14.0 Å². The second-order valence-electron chi connectivity index (χ2n) is 6.82. The first kappa shape index (κ1) is 19.6. The van der Waals surface area contributed by atoms with Crippen molar-refractivity contribution in [2.45, 2.75) is 13.8 Å². The zero-order valence-electron chi connectivity index (χ0n) is 16.4. The number of hydrogen-bond acceptors (Lipinski definition) is 5. The van der Waals surface area contributed by atoms with Gasteiger partial charge in [-0.2, -0.15) is 0 Å². The van der Waals surface area contributed by atoms with E-state index in [1.165, 1.54) is 23.2 Å². The molecular weight excluding hydrogens is 398 g/mol. The molecule has 2 aromatic carbocycles. The van der Waals surface area contributed by atoms with Crippen LogP contribution in [0.25, 0.3) is 11.3 Å². The molecule has 0 aliphatic heterocycles. The van der Waals surface area contributed by atoms with Crippen molar-refractivity contribution in [2.75, 3.05) is 10.6 Å². The Morgan fingerprint density at radius 3 is 2.60 bits per heavy atom. The van der Waals surface area contributed by atoms with Gasteiger partial charge < -0.3 is 9.73 Å². The Bertz CT molecular complexity index is 1210. The van der Waals surface area contributed by atoms with Crippen LogP contribution < -0.4 is 10.6 Å². The molecule has 0 aliphatic rings. The summed E-state index contributed by atoms with van der Waals surface area (Å²) in [6.07, 6.45) is 1.43. The second kappa shape index (κ2) is 8.34. The molecule has 150 valence electrons. The lowest BCUT2D eigenvalue weighted by Gasteiger charge is -2.06. The summed E-state index contributed by atoms with van der Waals surface area (Å²) in [6, 6.07) is 16.1. The maximum atomic E-state index is 12.7. The lowest BCUT2D eigenvalue weighted by molar-refractivity contribution is 0.0993. The number of furan rings is 1. The molecule has 0 bridgehead atoms. The lowest BCUT2D eigenvalue weighted by Crippen LogP contribution is -2.14. The summed E-state index contributed by atoms with van der Waals surface area (Å²) < 4.78 is 5.08. The molecule has 6 nitrogen and oxygen atoms in total. The van der Waals surface area contributed by atoms with Gasteiger partial charge in [-0.3, -0.25) is 14.9 Å². The highest BCUT2D eigenvalue weighted by molar-refractivity contribution is 7.14. The Hall–Kier alpha value is -3.71. The number of amides is 2. The third-order valence-electron chi connectivity index (χ3n) is 4.51. The van der Waals surface area contributed by atoms with E-state index in [0.29, 0.717) is 16.4 Å². The van der Waals surface area contributed by atoms with Crippen molar-refractivity contribution in [1.29, 1.82) is 0 Å². The van der Waals surface area contributed by atoms with E-state index in [-0.39, 0.29) is 17.6 Å². The van der Waals surface area contributed by atoms with Crippen LogP contribution in [0, 0.1) is 13.8 Å². The van der Waals surface area contributed by atoms with E-state index in [1.54, 1.807) is 36.4 Å². The van der Waals surface area contributed by atoms with Gasteiger partial charge in [0, 0.05) is 22.2 Å². The first-order chi connectivity index (χ1) is 14.5. The second-order valence-corrected chi connectivity index (χ2v) is 7.68. The number of nitrogens with one attached hydrogen (secondary N) is 2. The first-order valence-corrected chi connectivity index (χ1v) is 10.2. The van der Waals surface area contributed by atoms with Crippen LogP contribution >= 0.6 is 11.3 Å². The van der Waals surface area contributed by atoms with Gasteiger partial charge in [0.1, 0.15) is 0 Å². The number of thiazole rings is 1. The summed E-state index contributed by atoms with van der Waals surface area (Å²) in [4.78, 5) is 29.3. The summed E-state index contributed by atoms with van der Waals surface area (Å²) in [5, 5.41) is 7.98. The normalized spacial score (nSPS) is 10.6. The molecule has 0 fully saturated rings. The highest BCUT2D eigenvalue weighted by atomic mass is 32.1. The van der Waals surface area contributed by atoms with Crippen molar-refractivity contribution in [3.05, 3.63) is 88.7 Å². The van der Waals surface area contributed by atoms with E-state index >= 15 is 0 Å². The summed E-state index contributed by atoms with van der Waals surface area (Å²) in [5.74, 6) is -0.479. The number of aromatic nitrogens is 1. The molecule has 2 N–H and O–H groups in total. The molecule has 2 amide bonds. The van der Waals surface area contributed by atoms with Crippen molar-refractivity contribution in [3.63, 3.8) is 0 Å². The minimum Gasteiger partial charge on any atom is -0.459 e. The fraction of sp³-hybridized carbons (Fsp3) is 0.0870. The number of nitrogens with zero attached hydrogens (tertiary/aromatic N) is 1. The van der Waals surface area contributed by atoms with Gasteiger partial charge in [0.15, 0.2) is 10.9 Å². The first-order valence-electron chi connectivity index (χ1n) is 9.29. The van der Waals surface area contributed by atoms with Gasteiger partial charge in [0.2, 0.25) is 0 Å². The Morgan fingerprint density at radius 1 is 0.967 bits per heavy atom. The van der Waals surface area contributed by atoms with Crippen LogP contribution in [0.1, 0.15) is 32.0 Å². The predicted octanol–water partition coefficient (Wildman–Crippen LogP) is 5.52. The van der Waals surface area contributed by atoms with Crippen molar-refractivity contribution in [1.82, 2.24) is 4.98 Å². The number of carbonyl (C=O) groups excluding carboxylic acids is 2. The number of hydrogen-bond donors (Lipinski definition) is 2. The van der Waals surface area contributed by atoms with Crippen molar-refractivity contribution >= 4 is 34.0 Å². The Kier molecular flexibility index (Phi) is 5.45. The summed E-state index contributed by atoms with van der Waals surface area (Å²) in [6.45, 7) is 4.09. The average molecular weight is 417 g/mol. The molecule has 0 aliphatic carbocycles. The van der Waals surface area contributed by atoms with Crippen LogP contribution in [0.5, 0.6) is 0 Å². The molecule has 4 aromatic rings. The van der Waals surface area contributed by atoms with E-state index in [9.17, 15) is 9.59 Å². The fourth-order valence-corrected chi connectivity index (χ4v) is 3.77. The van der Waals surface area contributed by atoms with Gasteiger partial charge >= 0.3 is 0 Å². The largest absolute Gasteiger partial charge is 0.459 e. The third-order valence-corrected chi connectivity index (χ3v) is 5.27. The van der Waals surface area contributed by atoms with Gasteiger partial charge in [0.05, 0.1) is 12.0 Å². The SMILES string of the molecule is Cc1ccc(-c2csc(NC(=O)c3cccc(NC(=O)c4ccco4)c3)n2)c(C)c1. The smallest absolute Gasteiger partial charge is 0.291 e. The highest BCUT2D eigenvalue weighted by Gasteiger charge is 2.13. The molecule has 0 unspecified atom stereocenters. The van der Waals surface area contributed by atoms with Crippen LogP contribution in [0.3, 0.4) is 0 Å². The van der Waals surface area contributed by atoms with Crippen LogP contribution in [0.4, 0.5) is 10.8 Å². The van der Waals surface area contributed by atoms with Gasteiger partial charge in [-0.25, -0.2) is 4.98 Å². The van der Waals surface area contributed by atoms with Crippen LogP contribution in [0.2, 0.25) is 0 Å². The summed E-state index contributed by atoms with van der Waals surface area (Å²) >= 11 is 1.37. The van der Waals surface area contributed by atoms with E-state index < -0.39 is 0 Å². The van der Waals surface area contributed by atoms with E-state index in [4.69, 9.17) is 4.42 Å². The maximum absolute atomic E-state index is 12.7. The third kappa shape index (κ3) is 4.31. The fourth-order valence-electron chi connectivity index (χ4n) is 3.06. The van der Waals surface area contributed by atoms with E-state index in [1.807, 2.05) is 24.4 Å². The highest BCUT2D eigenvalue weighted by Crippen LogP contribution is 2.28. The summed E-state index contributed by atoms with van der Waals surface area (Å²) in [5.41, 5.74) is 5.11. The predicted molar refractivity (Wildman–Crippen MR) is 118 cm³/mol. The number of aryl methyl sites for hydroxylation is 2. The quantitative estimate of drug-likeness (QED) is 0.447. The molecule has 0 atom stereocenters. The number of anilines is 2. The molecule has 0 spiro atoms. The van der Waals surface area contributed by atoms with Gasteiger partial charge in [-0.1, -0.05) is 29.8 Å². The number of benzene rings is 2. The monoisotopic (exact) mass is 417 g/mol. The molecule has 0 radical (unpaired) electrons. The van der Waals surface area contributed by atoms with Crippen LogP contribution in [-0.2, 0) is 0 Å². The van der Waals surface area contributed by atoms with E-state index in [0.717, 1.165) is 16.8 Å². The molecule has 4 rings (SSSR count). The lowest BCUT2D eigenvalue weighted by atomic mass is 10.0. The van der Waals surface area contributed by atoms with Crippen molar-refractivity contribution in [3.8, 4) is 11.3 Å². The Morgan fingerprint density at radius 2 is 1.83 bits per heavy atom. The topological polar surface area (TPSA) is 84.2 Å². The molecule has 2 aromatic heterocycles. The average Bonchev–Trinajstić information content (AvgIpc) is 3.40. The molecule has 0 saturated heterocycles. The summed E-state index contributed by atoms with van der Waals surface area (Å²) in [7, 11) is 0. The van der Waals surface area contributed by atoms with Gasteiger partial charge in [-0.15, -0.1) is 11.3 Å². The molecular formula is C23H19N3O3S.